The quantitative estimate of drug-likeness (QED) is 0.703. The normalized spacial score (nSPS) is 10.7. The number of benzene rings is 1. The van der Waals surface area contributed by atoms with Gasteiger partial charge in [0.15, 0.2) is 0 Å². The van der Waals surface area contributed by atoms with Crippen molar-refractivity contribution < 1.29 is 0 Å². The van der Waals surface area contributed by atoms with Crippen LogP contribution in [0.4, 0.5) is 0 Å². The molecule has 0 saturated heterocycles. The maximum absolute atomic E-state index is 4.35. The third-order valence-corrected chi connectivity index (χ3v) is 2.95. The van der Waals surface area contributed by atoms with Crippen molar-refractivity contribution in [3.63, 3.8) is 0 Å². The van der Waals surface area contributed by atoms with Gasteiger partial charge >= 0.3 is 0 Å². The Kier molecular flexibility index (Phi) is 2.04. The Bertz CT molecular complexity index is 466. The van der Waals surface area contributed by atoms with Gasteiger partial charge in [-0.25, -0.2) is 9.97 Å². The van der Waals surface area contributed by atoms with Crippen molar-refractivity contribution in [2.24, 2.45) is 0 Å². The minimum atomic E-state index is 0.814. The lowest BCUT2D eigenvalue weighted by Crippen LogP contribution is -1.89. The summed E-state index contributed by atoms with van der Waals surface area (Å²) in [6.07, 6.45) is 1.87. The van der Waals surface area contributed by atoms with Crippen LogP contribution in [0.2, 0.25) is 0 Å². The van der Waals surface area contributed by atoms with Crippen LogP contribution in [0.5, 0.6) is 0 Å². The molecule has 0 aliphatic rings. The summed E-state index contributed by atoms with van der Waals surface area (Å²) in [6.45, 7) is 3.96. The largest absolute Gasteiger partial charge is 0.241 e. The highest BCUT2D eigenvalue weighted by Gasteiger charge is 2.02. The Morgan fingerprint density at radius 1 is 1.23 bits per heavy atom. The minimum Gasteiger partial charge on any atom is -0.241 e. The maximum Gasteiger partial charge on any atom is 0.125 e. The molecule has 66 valence electrons. The van der Waals surface area contributed by atoms with Gasteiger partial charge in [-0.2, -0.15) is 0 Å². The maximum atomic E-state index is 4.35. The minimum absolute atomic E-state index is 0.814. The molecular weight excluding hydrogens is 228 g/mol. The van der Waals surface area contributed by atoms with E-state index >= 15 is 0 Å². The van der Waals surface area contributed by atoms with E-state index in [1.54, 1.807) is 0 Å². The summed E-state index contributed by atoms with van der Waals surface area (Å²) in [5.41, 5.74) is 2.20. The molecule has 2 rings (SSSR count). The molecule has 0 radical (unpaired) electrons. The Hall–Kier alpha value is -0.960. The molecule has 1 aromatic carbocycles. The summed E-state index contributed by atoms with van der Waals surface area (Å²) in [4.78, 5) is 8.52. The molecule has 1 aromatic heterocycles. The van der Waals surface area contributed by atoms with Crippen molar-refractivity contribution in [1.29, 1.82) is 0 Å². The molecular formula is C10H9BrN2. The Balaban J connectivity index is 2.87. The summed E-state index contributed by atoms with van der Waals surface area (Å²) < 4.78 is 1.10. The monoisotopic (exact) mass is 236 g/mol. The number of halogens is 1. The first-order chi connectivity index (χ1) is 6.18. The fraction of sp³-hybridized carbons (Fsp3) is 0.200. The molecule has 0 amide bonds. The number of rotatable bonds is 0. The number of aromatic nitrogens is 2. The number of nitrogens with zero attached hydrogens (tertiary/aromatic N) is 2. The second-order valence-corrected chi connectivity index (χ2v) is 3.88. The first-order valence-electron chi connectivity index (χ1n) is 4.07. The molecule has 1 heterocycles. The molecule has 13 heavy (non-hydrogen) atoms. The van der Waals surface area contributed by atoms with E-state index in [-0.39, 0.29) is 0 Å². The fourth-order valence-corrected chi connectivity index (χ4v) is 1.65. The van der Waals surface area contributed by atoms with Crippen LogP contribution in [0.3, 0.4) is 0 Å². The van der Waals surface area contributed by atoms with Crippen LogP contribution >= 0.6 is 15.9 Å². The Morgan fingerprint density at radius 3 is 2.77 bits per heavy atom. The van der Waals surface area contributed by atoms with E-state index in [1.807, 2.05) is 25.3 Å². The zero-order chi connectivity index (χ0) is 9.42. The van der Waals surface area contributed by atoms with Gasteiger partial charge in [-0.15, -0.1) is 0 Å². The van der Waals surface area contributed by atoms with Crippen LogP contribution in [-0.4, -0.2) is 9.97 Å². The van der Waals surface area contributed by atoms with Gasteiger partial charge in [0.2, 0.25) is 0 Å². The van der Waals surface area contributed by atoms with E-state index < -0.39 is 0 Å². The summed E-state index contributed by atoms with van der Waals surface area (Å²) in [6, 6.07) is 4.02. The standard InChI is InChI=1S/C10H9BrN2/c1-6-8-5-12-7(2)13-10(8)4-3-9(6)11/h3-5H,1-2H3. The molecule has 2 aromatic rings. The summed E-state index contributed by atoms with van der Waals surface area (Å²) >= 11 is 3.48. The molecule has 0 N–H and O–H groups in total. The highest BCUT2D eigenvalue weighted by Crippen LogP contribution is 2.23. The van der Waals surface area contributed by atoms with Gasteiger partial charge in [-0.05, 0) is 31.5 Å². The Morgan fingerprint density at radius 2 is 2.00 bits per heavy atom. The highest BCUT2D eigenvalue weighted by molar-refractivity contribution is 9.10. The lowest BCUT2D eigenvalue weighted by molar-refractivity contribution is 1.09. The molecule has 2 nitrogen and oxygen atoms in total. The Labute approximate surface area is 85.1 Å². The van der Waals surface area contributed by atoms with Crippen molar-refractivity contribution in [1.82, 2.24) is 9.97 Å². The van der Waals surface area contributed by atoms with Gasteiger partial charge in [0.05, 0.1) is 5.52 Å². The molecule has 0 saturated carbocycles. The highest BCUT2D eigenvalue weighted by atomic mass is 79.9. The predicted molar refractivity (Wildman–Crippen MR) is 56.7 cm³/mol. The molecule has 3 heteroatoms. The van der Waals surface area contributed by atoms with E-state index in [0.717, 1.165) is 21.2 Å². The van der Waals surface area contributed by atoms with Crippen molar-refractivity contribution in [3.05, 3.63) is 34.2 Å². The van der Waals surface area contributed by atoms with Gasteiger partial charge in [0.25, 0.3) is 0 Å². The smallest absolute Gasteiger partial charge is 0.125 e. The van der Waals surface area contributed by atoms with Crippen molar-refractivity contribution in [2.45, 2.75) is 13.8 Å². The van der Waals surface area contributed by atoms with Crippen LogP contribution in [0.1, 0.15) is 11.4 Å². The van der Waals surface area contributed by atoms with Crippen LogP contribution < -0.4 is 0 Å². The van der Waals surface area contributed by atoms with Crippen molar-refractivity contribution in [3.8, 4) is 0 Å². The van der Waals surface area contributed by atoms with Gasteiger partial charge in [0, 0.05) is 16.1 Å². The summed E-state index contributed by atoms with van der Waals surface area (Å²) in [5.74, 6) is 0.814. The number of hydrogen-bond acceptors (Lipinski definition) is 2. The molecule has 0 unspecified atom stereocenters. The average molecular weight is 237 g/mol. The van der Waals surface area contributed by atoms with Gasteiger partial charge in [0.1, 0.15) is 5.82 Å². The molecule has 0 fully saturated rings. The van der Waals surface area contributed by atoms with E-state index in [2.05, 4.69) is 32.8 Å². The SMILES string of the molecule is Cc1ncc2c(C)c(Br)ccc2n1. The third kappa shape index (κ3) is 1.44. The van der Waals surface area contributed by atoms with E-state index in [0.29, 0.717) is 0 Å². The van der Waals surface area contributed by atoms with E-state index in [1.165, 1.54) is 5.56 Å². The molecule has 0 atom stereocenters. The van der Waals surface area contributed by atoms with Crippen LogP contribution in [0.25, 0.3) is 10.9 Å². The van der Waals surface area contributed by atoms with Crippen LogP contribution in [0.15, 0.2) is 22.8 Å². The first kappa shape index (κ1) is 8.63. The van der Waals surface area contributed by atoms with Crippen LogP contribution in [0, 0.1) is 13.8 Å². The van der Waals surface area contributed by atoms with E-state index in [4.69, 9.17) is 0 Å². The number of aryl methyl sites for hydroxylation is 2. The topological polar surface area (TPSA) is 25.8 Å². The molecule has 0 aliphatic heterocycles. The molecule has 0 aliphatic carbocycles. The average Bonchev–Trinajstić information content (AvgIpc) is 2.12. The summed E-state index contributed by atoms with van der Waals surface area (Å²) in [5, 5.41) is 1.11. The lowest BCUT2D eigenvalue weighted by Gasteiger charge is -2.03. The van der Waals surface area contributed by atoms with Gasteiger partial charge < -0.3 is 0 Å². The van der Waals surface area contributed by atoms with Crippen molar-refractivity contribution >= 4 is 26.8 Å². The van der Waals surface area contributed by atoms with Crippen molar-refractivity contribution in [2.75, 3.05) is 0 Å². The second-order valence-electron chi connectivity index (χ2n) is 3.02. The number of fused-ring (bicyclic) bond motifs is 1. The zero-order valence-corrected chi connectivity index (χ0v) is 9.09. The van der Waals surface area contributed by atoms with Crippen LogP contribution in [-0.2, 0) is 0 Å². The summed E-state index contributed by atoms with van der Waals surface area (Å²) in [7, 11) is 0. The molecule has 0 bridgehead atoms. The zero-order valence-electron chi connectivity index (χ0n) is 7.50. The third-order valence-electron chi connectivity index (χ3n) is 2.09. The number of hydrogen-bond donors (Lipinski definition) is 0. The van der Waals surface area contributed by atoms with Gasteiger partial charge in [-0.3, -0.25) is 0 Å². The van der Waals surface area contributed by atoms with E-state index in [9.17, 15) is 0 Å². The fourth-order valence-electron chi connectivity index (χ4n) is 1.31. The second kappa shape index (κ2) is 3.07. The first-order valence-corrected chi connectivity index (χ1v) is 4.86. The predicted octanol–water partition coefficient (Wildman–Crippen LogP) is 3.01. The lowest BCUT2D eigenvalue weighted by atomic mass is 10.1. The molecule has 0 spiro atoms. The van der Waals surface area contributed by atoms with Gasteiger partial charge in [-0.1, -0.05) is 15.9 Å².